The van der Waals surface area contributed by atoms with E-state index in [4.69, 9.17) is 19.4 Å². The molecule has 0 saturated heterocycles. The quantitative estimate of drug-likeness (QED) is 0.190. The highest BCUT2D eigenvalue weighted by atomic mass is 16.5. The Morgan fingerprint density at radius 2 is 1.22 bits per heavy atom. The van der Waals surface area contributed by atoms with E-state index in [0.29, 0.717) is 26.1 Å². The maximum Gasteiger partial charge on any atom is 0.137 e. The lowest BCUT2D eigenvalue weighted by molar-refractivity contribution is -0.112. The van der Waals surface area contributed by atoms with Crippen molar-refractivity contribution in [2.45, 2.75) is 57.7 Å². The minimum Gasteiger partial charge on any atom is -0.494 e. The van der Waals surface area contributed by atoms with Crippen molar-refractivity contribution in [2.75, 3.05) is 13.2 Å². The molecule has 0 spiro atoms. The number of aldehydes is 1. The second kappa shape index (κ2) is 16.0. The van der Waals surface area contributed by atoms with Gasteiger partial charge >= 0.3 is 0 Å². The highest BCUT2D eigenvalue weighted by molar-refractivity contribution is 5.65. The molecule has 6 heteroatoms. The molecule has 4 aliphatic heterocycles. The third kappa shape index (κ3) is 8.67. The fourth-order valence-electron chi connectivity index (χ4n) is 5.83. The topological polar surface area (TPSA) is 64.6 Å². The van der Waals surface area contributed by atoms with E-state index < -0.39 is 0 Å². The number of nitrogens with zero attached hydrogens (tertiary/aromatic N) is 3. The van der Waals surface area contributed by atoms with Crippen LogP contribution < -0.4 is 9.47 Å². The fourth-order valence-corrected chi connectivity index (χ4v) is 5.83. The summed E-state index contributed by atoms with van der Waals surface area (Å²) >= 11 is 0. The summed E-state index contributed by atoms with van der Waals surface area (Å²) in [5.74, 6) is 1.75. The first-order valence-electron chi connectivity index (χ1n) is 16.4. The lowest BCUT2D eigenvalue weighted by Crippen LogP contribution is -2.37. The number of hydrogen-bond donors (Lipinski definition) is 0. The Bertz CT molecular complexity index is 1670. The third-order valence-electron chi connectivity index (χ3n) is 8.38. The maximum absolute atomic E-state index is 12.6. The predicted octanol–water partition coefficient (Wildman–Crippen LogP) is 8.34. The van der Waals surface area contributed by atoms with Gasteiger partial charge in [-0.1, -0.05) is 73.9 Å². The van der Waals surface area contributed by atoms with Crippen molar-refractivity contribution in [2.24, 2.45) is 0 Å². The van der Waals surface area contributed by atoms with Gasteiger partial charge in [0.05, 0.1) is 42.0 Å². The number of aromatic nitrogens is 2. The summed E-state index contributed by atoms with van der Waals surface area (Å²) in [7, 11) is 0. The van der Waals surface area contributed by atoms with Crippen molar-refractivity contribution < 1.29 is 14.3 Å². The summed E-state index contributed by atoms with van der Waals surface area (Å²) in [5.41, 5.74) is 6.64. The first-order chi connectivity index (χ1) is 22.7. The fraction of sp³-hybridized carbons (Fsp3) is 0.275. The molecule has 46 heavy (non-hydrogen) atoms. The van der Waals surface area contributed by atoms with Crippen molar-refractivity contribution in [3.8, 4) is 34.1 Å². The van der Waals surface area contributed by atoms with E-state index in [2.05, 4.69) is 41.3 Å². The van der Waals surface area contributed by atoms with Gasteiger partial charge in [0, 0.05) is 18.7 Å². The second-order valence-corrected chi connectivity index (χ2v) is 11.9. The van der Waals surface area contributed by atoms with Crippen LogP contribution in [0.2, 0.25) is 0 Å². The van der Waals surface area contributed by atoms with Gasteiger partial charge in [0.1, 0.15) is 17.8 Å². The summed E-state index contributed by atoms with van der Waals surface area (Å²) in [6.07, 6.45) is 7.19. The average Bonchev–Trinajstić information content (AvgIpc) is 3.11. The SMILES string of the molecule is O=C[C@H](Cc1ccccc1)N1Cc2ccc(cc2)OCCCCCCCOc2ccc(cc2)-c2cccc(n2)-c2cccc(n2)C1. The molecule has 0 radical (unpaired) electrons. The average molecular weight is 612 g/mol. The summed E-state index contributed by atoms with van der Waals surface area (Å²) in [4.78, 5) is 24.8. The molecule has 1 atom stereocenters. The molecule has 6 heterocycles. The summed E-state index contributed by atoms with van der Waals surface area (Å²) in [6.45, 7) is 2.55. The molecule has 6 nitrogen and oxygen atoms in total. The van der Waals surface area contributed by atoms with Crippen molar-refractivity contribution >= 4 is 6.29 Å². The van der Waals surface area contributed by atoms with E-state index in [9.17, 15) is 4.79 Å². The highest BCUT2D eigenvalue weighted by Gasteiger charge is 2.20. The van der Waals surface area contributed by atoms with Gasteiger partial charge in [-0.2, -0.15) is 0 Å². The molecular formula is C40H41N3O3. The van der Waals surface area contributed by atoms with E-state index in [1.54, 1.807) is 0 Å². The molecule has 5 aromatic rings. The molecular weight excluding hydrogens is 570 g/mol. The zero-order valence-corrected chi connectivity index (χ0v) is 26.3. The van der Waals surface area contributed by atoms with Crippen LogP contribution in [0.3, 0.4) is 0 Å². The number of pyridine rings is 2. The molecule has 234 valence electrons. The van der Waals surface area contributed by atoms with Crippen molar-refractivity contribution in [3.63, 3.8) is 0 Å². The van der Waals surface area contributed by atoms with E-state index in [1.165, 1.54) is 6.42 Å². The zero-order chi connectivity index (χ0) is 31.4. The van der Waals surface area contributed by atoms with E-state index in [-0.39, 0.29) is 6.04 Å². The van der Waals surface area contributed by atoms with Crippen LogP contribution >= 0.6 is 0 Å². The van der Waals surface area contributed by atoms with Gasteiger partial charge in [-0.05, 0) is 91.1 Å². The Balaban J connectivity index is 1.29. The van der Waals surface area contributed by atoms with Crippen LogP contribution in [0, 0.1) is 0 Å². The zero-order valence-electron chi connectivity index (χ0n) is 26.3. The molecule has 0 saturated carbocycles. The molecule has 2 aromatic heterocycles. The number of hydrogen-bond acceptors (Lipinski definition) is 6. The van der Waals surface area contributed by atoms with Crippen LogP contribution in [0.4, 0.5) is 0 Å². The lowest BCUT2D eigenvalue weighted by Gasteiger charge is -2.28. The van der Waals surface area contributed by atoms with Crippen molar-refractivity contribution in [3.05, 3.63) is 132 Å². The number of carbonyl (C=O) groups is 1. The van der Waals surface area contributed by atoms with Gasteiger partial charge < -0.3 is 14.3 Å². The Morgan fingerprint density at radius 1 is 0.609 bits per heavy atom. The number of carbonyl (C=O) groups excluding carboxylic acids is 1. The number of rotatable bonds is 4. The number of benzene rings is 3. The Labute approximate surface area is 272 Å². The van der Waals surface area contributed by atoms with Crippen molar-refractivity contribution in [1.29, 1.82) is 0 Å². The van der Waals surface area contributed by atoms with E-state index in [1.807, 2.05) is 78.9 Å². The minimum absolute atomic E-state index is 0.316. The van der Waals surface area contributed by atoms with Crippen LogP contribution in [0.25, 0.3) is 22.6 Å². The van der Waals surface area contributed by atoms with Crippen LogP contribution in [0.15, 0.2) is 115 Å². The number of ether oxygens (including phenoxy) is 2. The standard InChI is InChI=1S/C40H41N3O3/c44-30-35(27-31-11-5-4-6-12-31)43-28-32-17-21-36(22-18-32)45-25-7-2-1-3-8-26-46-37-23-19-33(20-24-37)38-14-10-16-40(42-38)39-15-9-13-34(29-43)41-39/h4-6,9-24,30,35H,1-3,7-8,25-29H2/t35-/m0/s1. The predicted molar refractivity (Wildman–Crippen MR) is 183 cm³/mol. The molecule has 0 N–H and O–H groups in total. The molecule has 9 rings (SSSR count). The van der Waals surface area contributed by atoms with Gasteiger partial charge in [0.15, 0.2) is 0 Å². The molecule has 8 bridgehead atoms. The third-order valence-corrected chi connectivity index (χ3v) is 8.38. The molecule has 0 aliphatic carbocycles. The largest absolute Gasteiger partial charge is 0.494 e. The van der Waals surface area contributed by atoms with Gasteiger partial charge in [-0.15, -0.1) is 0 Å². The van der Waals surface area contributed by atoms with Crippen LogP contribution in [-0.2, 0) is 24.3 Å². The monoisotopic (exact) mass is 611 g/mol. The smallest absolute Gasteiger partial charge is 0.137 e. The summed E-state index contributed by atoms with van der Waals surface area (Å²) in [6, 6.07) is 38.4. The normalized spacial score (nSPS) is 15.4. The van der Waals surface area contributed by atoms with E-state index in [0.717, 1.165) is 89.5 Å². The van der Waals surface area contributed by atoms with Crippen LogP contribution in [0.1, 0.15) is 48.9 Å². The van der Waals surface area contributed by atoms with Crippen LogP contribution in [0.5, 0.6) is 11.5 Å². The Kier molecular flexibility index (Phi) is 10.8. The first kappa shape index (κ1) is 31.2. The van der Waals surface area contributed by atoms with Gasteiger partial charge in [0.2, 0.25) is 0 Å². The summed E-state index contributed by atoms with van der Waals surface area (Å²) in [5, 5.41) is 0. The Morgan fingerprint density at radius 3 is 1.91 bits per heavy atom. The Hall–Kier alpha value is -4.81. The van der Waals surface area contributed by atoms with Gasteiger partial charge in [-0.25, -0.2) is 9.97 Å². The summed E-state index contributed by atoms with van der Waals surface area (Å²) < 4.78 is 12.0. The minimum atomic E-state index is -0.316. The van der Waals surface area contributed by atoms with E-state index >= 15 is 0 Å². The molecule has 0 fully saturated rings. The van der Waals surface area contributed by atoms with Gasteiger partial charge in [0.25, 0.3) is 0 Å². The highest BCUT2D eigenvalue weighted by Crippen LogP contribution is 2.25. The van der Waals surface area contributed by atoms with Crippen LogP contribution in [-0.4, -0.2) is 40.4 Å². The lowest BCUT2D eigenvalue weighted by atomic mass is 10.0. The molecule has 3 aromatic carbocycles. The molecule has 0 unspecified atom stereocenters. The second-order valence-electron chi connectivity index (χ2n) is 11.9. The molecule has 0 amide bonds. The maximum atomic E-state index is 12.6. The van der Waals surface area contributed by atoms with Crippen molar-refractivity contribution in [1.82, 2.24) is 14.9 Å². The first-order valence-corrected chi connectivity index (χ1v) is 16.4. The van der Waals surface area contributed by atoms with Gasteiger partial charge in [-0.3, -0.25) is 4.90 Å². The molecule has 4 aliphatic rings.